The monoisotopic (exact) mass is 150 g/mol. The largest absolute Gasteiger partial charge is 0.425 e. The van der Waals surface area contributed by atoms with Gasteiger partial charge in [0, 0.05) is 6.20 Å². The normalized spacial score (nSPS) is 10.6. The van der Waals surface area contributed by atoms with E-state index in [-0.39, 0.29) is 6.61 Å². The molecule has 4 heteroatoms. The van der Waals surface area contributed by atoms with Crippen LogP contribution in [0.4, 0.5) is 0 Å². The highest BCUT2D eigenvalue weighted by molar-refractivity contribution is 5.67. The number of fused-ring (bicyclic) bond motifs is 1. The Balaban J connectivity index is 2.67. The third-order valence-electron chi connectivity index (χ3n) is 1.43. The van der Waals surface area contributed by atoms with E-state index in [9.17, 15) is 0 Å². The molecule has 0 aliphatic carbocycles. The molecule has 2 heterocycles. The van der Waals surface area contributed by atoms with Crippen LogP contribution in [0.3, 0.4) is 0 Å². The van der Waals surface area contributed by atoms with E-state index >= 15 is 0 Å². The third kappa shape index (κ3) is 0.969. The van der Waals surface area contributed by atoms with Gasteiger partial charge in [0.2, 0.25) is 5.71 Å². The molecule has 1 N–H and O–H groups in total. The van der Waals surface area contributed by atoms with Gasteiger partial charge in [0.15, 0.2) is 6.39 Å². The summed E-state index contributed by atoms with van der Waals surface area (Å²) in [6.45, 7) is -0.0181. The van der Waals surface area contributed by atoms with Gasteiger partial charge in [-0.05, 0) is 11.6 Å². The summed E-state index contributed by atoms with van der Waals surface area (Å²) in [7, 11) is 0. The highest BCUT2D eigenvalue weighted by Crippen LogP contribution is 2.10. The van der Waals surface area contributed by atoms with Crippen LogP contribution >= 0.6 is 0 Å². The smallest absolute Gasteiger partial charge is 0.246 e. The average Bonchev–Trinajstić information content (AvgIpc) is 2.50. The second kappa shape index (κ2) is 2.32. The molecule has 0 aliphatic heterocycles. The molecule has 0 bridgehead atoms. The summed E-state index contributed by atoms with van der Waals surface area (Å²) in [4.78, 5) is 7.81. The molecule has 0 saturated carbocycles. The zero-order valence-electron chi connectivity index (χ0n) is 5.69. The summed E-state index contributed by atoms with van der Waals surface area (Å²) in [5.41, 5.74) is 1.92. The van der Waals surface area contributed by atoms with Crippen molar-refractivity contribution in [3.63, 3.8) is 0 Å². The molecule has 0 amide bonds. The lowest BCUT2D eigenvalue weighted by Gasteiger charge is -1.91. The van der Waals surface area contributed by atoms with Gasteiger partial charge in [-0.15, -0.1) is 0 Å². The number of aromatic nitrogens is 2. The van der Waals surface area contributed by atoms with Crippen molar-refractivity contribution in [2.75, 3.05) is 0 Å². The van der Waals surface area contributed by atoms with Crippen molar-refractivity contribution in [2.24, 2.45) is 0 Å². The van der Waals surface area contributed by atoms with Gasteiger partial charge in [-0.25, -0.2) is 9.97 Å². The molecule has 56 valence electrons. The van der Waals surface area contributed by atoms with Gasteiger partial charge in [-0.1, -0.05) is 0 Å². The van der Waals surface area contributed by atoms with Crippen molar-refractivity contribution >= 4 is 11.2 Å². The molecular weight excluding hydrogens is 144 g/mol. The van der Waals surface area contributed by atoms with Crippen molar-refractivity contribution in [3.05, 3.63) is 24.2 Å². The highest BCUT2D eigenvalue weighted by Gasteiger charge is 1.99. The fourth-order valence-electron chi connectivity index (χ4n) is 0.885. The van der Waals surface area contributed by atoms with E-state index in [4.69, 9.17) is 9.52 Å². The quantitative estimate of drug-likeness (QED) is 0.650. The van der Waals surface area contributed by atoms with Gasteiger partial charge in [0.25, 0.3) is 0 Å². The maximum Gasteiger partial charge on any atom is 0.246 e. The van der Waals surface area contributed by atoms with E-state index < -0.39 is 0 Å². The van der Waals surface area contributed by atoms with Gasteiger partial charge in [-0.2, -0.15) is 0 Å². The molecule has 0 unspecified atom stereocenters. The standard InChI is InChI=1S/C7H6N2O2/c10-3-5-1-6-7(8-2-5)11-4-9-6/h1-2,4,10H,3H2. The van der Waals surface area contributed by atoms with Crippen LogP contribution in [0.2, 0.25) is 0 Å². The highest BCUT2D eigenvalue weighted by atomic mass is 16.3. The van der Waals surface area contributed by atoms with Crippen LogP contribution in [0.5, 0.6) is 0 Å². The van der Waals surface area contributed by atoms with Crippen molar-refractivity contribution in [1.29, 1.82) is 0 Å². The van der Waals surface area contributed by atoms with Crippen molar-refractivity contribution in [1.82, 2.24) is 9.97 Å². The van der Waals surface area contributed by atoms with Crippen LogP contribution in [0.15, 0.2) is 23.1 Å². The lowest BCUT2D eigenvalue weighted by Crippen LogP contribution is -1.84. The number of aliphatic hydroxyl groups is 1. The minimum Gasteiger partial charge on any atom is -0.425 e. The second-order valence-electron chi connectivity index (χ2n) is 2.18. The first kappa shape index (κ1) is 6.30. The van der Waals surface area contributed by atoms with Crippen LogP contribution in [-0.4, -0.2) is 15.1 Å². The van der Waals surface area contributed by atoms with Gasteiger partial charge < -0.3 is 9.52 Å². The molecule has 0 spiro atoms. The first-order valence-electron chi connectivity index (χ1n) is 3.19. The molecular formula is C7H6N2O2. The molecule has 0 fully saturated rings. The number of hydrogen-bond donors (Lipinski definition) is 1. The number of rotatable bonds is 1. The van der Waals surface area contributed by atoms with Crippen molar-refractivity contribution < 1.29 is 9.52 Å². The van der Waals surface area contributed by atoms with Gasteiger partial charge in [0.1, 0.15) is 5.52 Å². The minimum absolute atomic E-state index is 0.0181. The Morgan fingerprint density at radius 3 is 3.18 bits per heavy atom. The minimum atomic E-state index is -0.0181. The number of hydrogen-bond acceptors (Lipinski definition) is 4. The fraction of sp³-hybridized carbons (Fsp3) is 0.143. The summed E-state index contributed by atoms with van der Waals surface area (Å²) in [5, 5.41) is 8.74. The third-order valence-corrected chi connectivity index (χ3v) is 1.43. The van der Waals surface area contributed by atoms with Gasteiger partial charge in [-0.3, -0.25) is 0 Å². The average molecular weight is 150 g/mol. The predicted molar refractivity (Wildman–Crippen MR) is 37.7 cm³/mol. The maximum atomic E-state index is 8.74. The summed E-state index contributed by atoms with van der Waals surface area (Å²) in [6.07, 6.45) is 2.90. The van der Waals surface area contributed by atoms with Crippen LogP contribution in [-0.2, 0) is 6.61 Å². The summed E-state index contributed by atoms with van der Waals surface area (Å²) < 4.78 is 4.91. The molecule has 11 heavy (non-hydrogen) atoms. The Kier molecular flexibility index (Phi) is 1.33. The maximum absolute atomic E-state index is 8.74. The number of pyridine rings is 1. The van der Waals surface area contributed by atoms with Gasteiger partial charge >= 0.3 is 0 Å². The first-order valence-corrected chi connectivity index (χ1v) is 3.19. The van der Waals surface area contributed by atoms with E-state index in [0.29, 0.717) is 11.2 Å². The van der Waals surface area contributed by atoms with Crippen molar-refractivity contribution in [3.8, 4) is 0 Å². The Morgan fingerprint density at radius 1 is 1.45 bits per heavy atom. The number of oxazole rings is 1. The lowest BCUT2D eigenvalue weighted by atomic mass is 10.3. The molecule has 0 atom stereocenters. The molecule has 2 rings (SSSR count). The molecule has 4 nitrogen and oxygen atoms in total. The molecule has 2 aromatic heterocycles. The van der Waals surface area contributed by atoms with Crippen LogP contribution in [0, 0.1) is 0 Å². The SMILES string of the molecule is OCc1cnc2ocnc2c1. The van der Waals surface area contributed by atoms with E-state index in [1.165, 1.54) is 6.39 Å². The lowest BCUT2D eigenvalue weighted by molar-refractivity contribution is 0.281. The number of aliphatic hydroxyl groups excluding tert-OH is 1. The Bertz CT molecular complexity index is 369. The van der Waals surface area contributed by atoms with Crippen LogP contribution in [0.1, 0.15) is 5.56 Å². The fourth-order valence-corrected chi connectivity index (χ4v) is 0.885. The Morgan fingerprint density at radius 2 is 2.36 bits per heavy atom. The molecule has 0 saturated heterocycles. The topological polar surface area (TPSA) is 59.2 Å². The summed E-state index contributed by atoms with van der Waals surface area (Å²) in [6, 6.07) is 1.74. The van der Waals surface area contributed by atoms with E-state index in [1.54, 1.807) is 12.3 Å². The van der Waals surface area contributed by atoms with E-state index in [1.807, 2.05) is 0 Å². The Labute approximate surface area is 62.5 Å². The zero-order valence-corrected chi connectivity index (χ0v) is 5.69. The summed E-state index contributed by atoms with van der Waals surface area (Å²) in [5.74, 6) is 0. The predicted octanol–water partition coefficient (Wildman–Crippen LogP) is 0.715. The van der Waals surface area contributed by atoms with Gasteiger partial charge in [0.05, 0.1) is 6.61 Å². The molecule has 2 aromatic rings. The first-order chi connectivity index (χ1) is 5.40. The Hall–Kier alpha value is -1.42. The number of nitrogens with zero attached hydrogens (tertiary/aromatic N) is 2. The van der Waals surface area contributed by atoms with Crippen molar-refractivity contribution in [2.45, 2.75) is 6.61 Å². The zero-order chi connectivity index (χ0) is 7.68. The second-order valence-corrected chi connectivity index (χ2v) is 2.18. The molecule has 0 aliphatic rings. The van der Waals surface area contributed by atoms with Crippen LogP contribution in [0.25, 0.3) is 11.2 Å². The molecule has 0 aromatic carbocycles. The summed E-state index contributed by atoms with van der Waals surface area (Å²) >= 11 is 0. The molecule has 0 radical (unpaired) electrons. The van der Waals surface area contributed by atoms with E-state index in [0.717, 1.165) is 5.56 Å². The van der Waals surface area contributed by atoms with Crippen LogP contribution < -0.4 is 0 Å². The van der Waals surface area contributed by atoms with E-state index in [2.05, 4.69) is 9.97 Å².